The molecule has 0 aromatic heterocycles. The summed E-state index contributed by atoms with van der Waals surface area (Å²) >= 11 is 0. The van der Waals surface area contributed by atoms with Gasteiger partial charge in [-0.1, -0.05) is 84.9 Å². The summed E-state index contributed by atoms with van der Waals surface area (Å²) < 4.78 is 10.8. The molecule has 0 radical (unpaired) electrons. The number of nitrogens with zero attached hydrogens (tertiary/aromatic N) is 1. The van der Waals surface area contributed by atoms with Gasteiger partial charge in [-0.15, -0.1) is 0 Å². The Hall–Kier alpha value is -3.73. The molecule has 0 bridgehead atoms. The first kappa shape index (κ1) is 25.9. The van der Waals surface area contributed by atoms with E-state index >= 15 is 0 Å². The van der Waals surface area contributed by atoms with E-state index in [2.05, 4.69) is 0 Å². The number of ether oxygens (including phenoxy) is 2. The molecule has 0 spiro atoms. The molecule has 1 atom stereocenters. The van der Waals surface area contributed by atoms with Crippen molar-refractivity contribution >= 4 is 17.7 Å². The smallest absolute Gasteiger partial charge is 0.331 e. The van der Waals surface area contributed by atoms with Gasteiger partial charge in [-0.05, 0) is 38.8 Å². The summed E-state index contributed by atoms with van der Waals surface area (Å²) in [6, 6.07) is 26.6. The Labute approximate surface area is 207 Å². The first-order chi connectivity index (χ1) is 16.7. The van der Waals surface area contributed by atoms with Crippen LogP contribution in [0.1, 0.15) is 49.9 Å². The van der Waals surface area contributed by atoms with Crippen LogP contribution in [0.4, 0.5) is 0 Å². The summed E-state index contributed by atoms with van der Waals surface area (Å²) in [5, 5.41) is 0. The summed E-state index contributed by atoms with van der Waals surface area (Å²) in [6.45, 7) is 7.63. The van der Waals surface area contributed by atoms with Crippen molar-refractivity contribution in [3.63, 3.8) is 0 Å². The van der Waals surface area contributed by atoms with Crippen LogP contribution in [0.2, 0.25) is 0 Å². The van der Waals surface area contributed by atoms with Crippen molar-refractivity contribution in [1.29, 1.82) is 0 Å². The second-order valence-corrected chi connectivity index (χ2v) is 9.26. The molecule has 0 fully saturated rings. The lowest BCUT2D eigenvalue weighted by atomic mass is 10.00. The average molecular weight is 472 g/mol. The second kappa shape index (κ2) is 12.1. The van der Waals surface area contributed by atoms with E-state index in [0.717, 1.165) is 28.0 Å². The van der Waals surface area contributed by atoms with E-state index < -0.39 is 11.6 Å². The predicted octanol–water partition coefficient (Wildman–Crippen LogP) is 5.58. The van der Waals surface area contributed by atoms with Crippen LogP contribution in [0.25, 0.3) is 0 Å². The topological polar surface area (TPSA) is 65.0 Å². The van der Waals surface area contributed by atoms with E-state index in [4.69, 9.17) is 14.5 Å². The molecule has 3 aromatic carbocycles. The van der Waals surface area contributed by atoms with Gasteiger partial charge in [-0.25, -0.2) is 4.79 Å². The van der Waals surface area contributed by atoms with Gasteiger partial charge in [0.05, 0.1) is 18.7 Å². The largest absolute Gasteiger partial charge is 0.464 e. The van der Waals surface area contributed by atoms with E-state index in [-0.39, 0.29) is 25.0 Å². The maximum Gasteiger partial charge on any atom is 0.331 e. The Bertz CT molecular complexity index is 1090. The van der Waals surface area contributed by atoms with Gasteiger partial charge in [0.1, 0.15) is 5.60 Å². The lowest BCUT2D eigenvalue weighted by Gasteiger charge is -2.19. The molecule has 1 unspecified atom stereocenters. The molecule has 0 amide bonds. The fourth-order valence-electron chi connectivity index (χ4n) is 3.64. The van der Waals surface area contributed by atoms with Crippen LogP contribution in [-0.4, -0.2) is 35.9 Å². The zero-order valence-electron chi connectivity index (χ0n) is 20.9. The Balaban J connectivity index is 1.87. The van der Waals surface area contributed by atoms with Gasteiger partial charge in [-0.3, -0.25) is 9.79 Å². The number of aliphatic imine (C=N–C) groups is 1. The highest BCUT2D eigenvalue weighted by Crippen LogP contribution is 2.17. The SMILES string of the molecule is CCOC(=O)C(Cc1ccc(CC(=O)OC(C)(C)C)cc1)N=C(c1ccccc1)c1ccccc1. The van der Waals surface area contributed by atoms with Gasteiger partial charge in [-0.2, -0.15) is 0 Å². The normalized spacial score (nSPS) is 11.9. The first-order valence-corrected chi connectivity index (χ1v) is 11.9. The third-order valence-corrected chi connectivity index (χ3v) is 5.16. The van der Waals surface area contributed by atoms with Crippen LogP contribution in [0.5, 0.6) is 0 Å². The van der Waals surface area contributed by atoms with Gasteiger partial charge in [0.15, 0.2) is 6.04 Å². The van der Waals surface area contributed by atoms with Crippen molar-refractivity contribution in [2.45, 2.75) is 52.2 Å². The van der Waals surface area contributed by atoms with Crippen LogP contribution < -0.4 is 0 Å². The van der Waals surface area contributed by atoms with Crippen LogP contribution in [0, 0.1) is 0 Å². The number of rotatable bonds is 9. The number of benzene rings is 3. The third kappa shape index (κ3) is 8.21. The molecule has 0 saturated heterocycles. The maximum absolute atomic E-state index is 12.9. The standard InChI is InChI=1S/C30H33NO4/c1-5-34-29(33)26(20-22-16-18-23(19-17-22)21-27(32)35-30(2,3)4)31-28(24-12-8-6-9-13-24)25-14-10-7-11-15-25/h6-19,26H,5,20-21H2,1-4H3. The first-order valence-electron chi connectivity index (χ1n) is 11.9. The minimum atomic E-state index is -0.706. The van der Waals surface area contributed by atoms with Crippen molar-refractivity contribution in [3.05, 3.63) is 107 Å². The highest BCUT2D eigenvalue weighted by Gasteiger charge is 2.22. The Morgan fingerprint density at radius 2 is 1.31 bits per heavy atom. The Kier molecular flexibility index (Phi) is 8.96. The summed E-state index contributed by atoms with van der Waals surface area (Å²) in [4.78, 5) is 30.0. The van der Waals surface area contributed by atoms with Crippen molar-refractivity contribution in [3.8, 4) is 0 Å². The molecule has 5 heteroatoms. The molecule has 0 saturated carbocycles. The molecule has 0 heterocycles. The van der Waals surface area contributed by atoms with Gasteiger partial charge < -0.3 is 9.47 Å². The number of esters is 2. The molecule has 0 N–H and O–H groups in total. The fraction of sp³-hybridized carbons (Fsp3) is 0.300. The van der Waals surface area contributed by atoms with E-state index in [1.54, 1.807) is 6.92 Å². The molecular formula is C30H33NO4. The lowest BCUT2D eigenvalue weighted by Crippen LogP contribution is -2.26. The molecule has 3 rings (SSSR count). The molecule has 3 aromatic rings. The fourth-order valence-corrected chi connectivity index (χ4v) is 3.64. The molecule has 182 valence electrons. The monoisotopic (exact) mass is 471 g/mol. The highest BCUT2D eigenvalue weighted by atomic mass is 16.6. The predicted molar refractivity (Wildman–Crippen MR) is 139 cm³/mol. The molecule has 35 heavy (non-hydrogen) atoms. The quantitative estimate of drug-likeness (QED) is 0.302. The van der Waals surface area contributed by atoms with Crippen molar-refractivity contribution < 1.29 is 19.1 Å². The van der Waals surface area contributed by atoms with E-state index in [1.165, 1.54) is 0 Å². The average Bonchev–Trinajstić information content (AvgIpc) is 2.83. The minimum Gasteiger partial charge on any atom is -0.464 e. The molecular weight excluding hydrogens is 438 g/mol. The van der Waals surface area contributed by atoms with Crippen LogP contribution in [0.3, 0.4) is 0 Å². The van der Waals surface area contributed by atoms with E-state index in [9.17, 15) is 9.59 Å². The summed E-state index contributed by atoms with van der Waals surface area (Å²) in [5.74, 6) is -0.635. The number of hydrogen-bond acceptors (Lipinski definition) is 5. The van der Waals surface area contributed by atoms with Crippen molar-refractivity contribution in [2.24, 2.45) is 4.99 Å². The number of carbonyl (C=O) groups excluding carboxylic acids is 2. The van der Waals surface area contributed by atoms with Crippen molar-refractivity contribution in [1.82, 2.24) is 0 Å². The van der Waals surface area contributed by atoms with E-state index in [1.807, 2.05) is 106 Å². The summed E-state index contributed by atoms with van der Waals surface area (Å²) in [5.41, 5.74) is 3.87. The lowest BCUT2D eigenvalue weighted by molar-refractivity contribution is -0.154. The maximum atomic E-state index is 12.9. The minimum absolute atomic E-state index is 0.198. The van der Waals surface area contributed by atoms with Gasteiger partial charge in [0, 0.05) is 17.5 Å². The van der Waals surface area contributed by atoms with Crippen molar-refractivity contribution in [2.75, 3.05) is 6.61 Å². The van der Waals surface area contributed by atoms with Crippen LogP contribution in [-0.2, 0) is 31.9 Å². The third-order valence-electron chi connectivity index (χ3n) is 5.16. The molecule has 0 aliphatic heterocycles. The molecule has 0 aliphatic rings. The highest BCUT2D eigenvalue weighted by molar-refractivity contribution is 6.13. The number of carbonyl (C=O) groups is 2. The second-order valence-electron chi connectivity index (χ2n) is 9.26. The number of hydrogen-bond donors (Lipinski definition) is 0. The summed E-state index contributed by atoms with van der Waals surface area (Å²) in [7, 11) is 0. The Morgan fingerprint density at radius 1 is 0.800 bits per heavy atom. The summed E-state index contributed by atoms with van der Waals surface area (Å²) in [6.07, 6.45) is 0.581. The molecule has 5 nitrogen and oxygen atoms in total. The molecule has 0 aliphatic carbocycles. The van der Waals surface area contributed by atoms with Crippen LogP contribution >= 0.6 is 0 Å². The zero-order chi connectivity index (χ0) is 25.3. The Morgan fingerprint density at radius 3 is 1.80 bits per heavy atom. The zero-order valence-corrected chi connectivity index (χ0v) is 20.9. The van der Waals surface area contributed by atoms with Gasteiger partial charge in [0.25, 0.3) is 0 Å². The van der Waals surface area contributed by atoms with Gasteiger partial charge >= 0.3 is 11.9 Å². The van der Waals surface area contributed by atoms with E-state index in [0.29, 0.717) is 6.42 Å². The van der Waals surface area contributed by atoms with Crippen LogP contribution in [0.15, 0.2) is 89.9 Å². The van der Waals surface area contributed by atoms with Gasteiger partial charge in [0.2, 0.25) is 0 Å².